The number of carbonyl (C=O) groups is 1. The van der Waals surface area contributed by atoms with Crippen molar-refractivity contribution in [2.45, 2.75) is 63.5 Å². The lowest BCUT2D eigenvalue weighted by Gasteiger charge is -2.33. The molecule has 0 saturated heterocycles. The summed E-state index contributed by atoms with van der Waals surface area (Å²) in [6.07, 6.45) is 11.6. The predicted molar refractivity (Wildman–Crippen MR) is 118 cm³/mol. The average Bonchev–Trinajstić information content (AvgIpc) is 3.39. The van der Waals surface area contributed by atoms with Gasteiger partial charge in [-0.2, -0.15) is 5.10 Å². The van der Waals surface area contributed by atoms with Crippen molar-refractivity contribution >= 4 is 16.8 Å². The largest absolute Gasteiger partial charge is 0.503 e. The number of hydrogen-bond donors (Lipinski definition) is 2. The van der Waals surface area contributed by atoms with E-state index in [2.05, 4.69) is 45.4 Å². The molecule has 1 saturated carbocycles. The topological polar surface area (TPSA) is 89.1 Å². The number of benzene rings is 1. The molecule has 3 heterocycles. The van der Waals surface area contributed by atoms with Crippen LogP contribution in [0.5, 0.6) is 5.75 Å². The second-order valence-corrected chi connectivity index (χ2v) is 8.97. The van der Waals surface area contributed by atoms with Crippen LogP contribution in [0, 0.1) is 0 Å². The summed E-state index contributed by atoms with van der Waals surface area (Å²) in [5.41, 5.74) is 1.39. The van der Waals surface area contributed by atoms with E-state index in [1.54, 1.807) is 4.68 Å². The molecule has 5 rings (SSSR count). The Bertz CT molecular complexity index is 1190. The number of carbonyl (C=O) groups excluding carboxylic acids is 1. The van der Waals surface area contributed by atoms with Gasteiger partial charge in [0.1, 0.15) is 0 Å². The maximum atomic E-state index is 12.6. The molecular formula is C24H28N4O3. The second kappa shape index (κ2) is 7.87. The zero-order chi connectivity index (χ0) is 21.4. The van der Waals surface area contributed by atoms with Crippen LogP contribution in [0.4, 0.5) is 0 Å². The van der Waals surface area contributed by atoms with E-state index < -0.39 is 17.1 Å². The van der Waals surface area contributed by atoms with Crippen molar-refractivity contribution in [3.05, 3.63) is 58.1 Å². The van der Waals surface area contributed by atoms with E-state index >= 15 is 0 Å². The first-order chi connectivity index (χ1) is 15.1. The molecule has 3 aromatic rings. The van der Waals surface area contributed by atoms with E-state index in [1.807, 2.05) is 0 Å². The molecule has 1 aliphatic heterocycles. The van der Waals surface area contributed by atoms with Crippen molar-refractivity contribution in [1.29, 1.82) is 0 Å². The van der Waals surface area contributed by atoms with E-state index in [0.29, 0.717) is 13.1 Å². The molecule has 2 aliphatic rings. The Kier molecular flexibility index (Phi) is 5.04. The Morgan fingerprint density at radius 1 is 1.03 bits per heavy atom. The standard InChI is InChI=1S/C24H28N4O3/c29-20-15-27-16-24(10-3-4-11-24)28-13-9-18-8-7-17(14-19(18)28)6-2-1-5-12-25-23(31)21(26-27)22(20)30/h7-9,13-15,29H,1-6,10-12,16H2,(H,25,31). The normalized spacial score (nSPS) is 19.2. The van der Waals surface area contributed by atoms with Crippen LogP contribution in [0.1, 0.15) is 61.0 Å². The van der Waals surface area contributed by atoms with Gasteiger partial charge in [-0.15, -0.1) is 0 Å². The van der Waals surface area contributed by atoms with Gasteiger partial charge in [-0.1, -0.05) is 31.4 Å². The molecule has 1 aliphatic carbocycles. The minimum atomic E-state index is -0.716. The average molecular weight is 421 g/mol. The summed E-state index contributed by atoms with van der Waals surface area (Å²) in [5.74, 6) is -0.954. The number of aryl methyl sites for hydroxylation is 1. The first-order valence-electron chi connectivity index (χ1n) is 11.3. The predicted octanol–water partition coefficient (Wildman–Crippen LogP) is 3.33. The van der Waals surface area contributed by atoms with Gasteiger partial charge in [-0.05, 0) is 55.2 Å². The van der Waals surface area contributed by atoms with E-state index in [4.69, 9.17) is 0 Å². The lowest BCUT2D eigenvalue weighted by atomic mass is 9.96. The highest BCUT2D eigenvalue weighted by molar-refractivity contribution is 5.92. The summed E-state index contributed by atoms with van der Waals surface area (Å²) in [6.45, 7) is 0.983. The fourth-order valence-electron chi connectivity index (χ4n) is 5.22. The highest BCUT2D eigenvalue weighted by Crippen LogP contribution is 2.40. The molecule has 4 bridgehead atoms. The third-order valence-corrected chi connectivity index (χ3v) is 6.85. The highest BCUT2D eigenvalue weighted by Gasteiger charge is 2.37. The third kappa shape index (κ3) is 3.62. The lowest BCUT2D eigenvalue weighted by molar-refractivity contribution is 0.0942. The number of aromatic nitrogens is 3. The van der Waals surface area contributed by atoms with Crippen molar-refractivity contribution in [3.63, 3.8) is 0 Å². The van der Waals surface area contributed by atoms with Gasteiger partial charge >= 0.3 is 0 Å². The van der Waals surface area contributed by atoms with Crippen LogP contribution in [0.2, 0.25) is 0 Å². The van der Waals surface area contributed by atoms with Gasteiger partial charge in [0.15, 0.2) is 11.4 Å². The number of fused-ring (bicyclic) bond motifs is 4. The summed E-state index contributed by atoms with van der Waals surface area (Å²) in [5, 5.41) is 18.6. The first kappa shape index (κ1) is 19.8. The monoisotopic (exact) mass is 420 g/mol. The fourth-order valence-corrected chi connectivity index (χ4v) is 5.22. The first-order valence-corrected chi connectivity index (χ1v) is 11.3. The maximum absolute atomic E-state index is 12.6. The van der Waals surface area contributed by atoms with Crippen LogP contribution in [-0.2, 0) is 18.5 Å². The SMILES string of the molecule is O=C1NCCCCCc2ccc3ccn(c3c2)C2(CCCC2)Cn2cc(O)c(=O)c1n2. The molecule has 7 heteroatoms. The smallest absolute Gasteiger partial charge is 0.275 e. The molecule has 1 amide bonds. The van der Waals surface area contributed by atoms with Crippen LogP contribution in [0.15, 0.2) is 41.5 Å². The van der Waals surface area contributed by atoms with Gasteiger partial charge in [0.05, 0.1) is 18.3 Å². The summed E-state index contributed by atoms with van der Waals surface area (Å²) in [4.78, 5) is 25.0. The fraction of sp³-hybridized carbons (Fsp3) is 0.458. The number of nitrogens with zero attached hydrogens (tertiary/aromatic N) is 3. The molecule has 0 atom stereocenters. The number of amides is 1. The van der Waals surface area contributed by atoms with E-state index in [1.165, 1.54) is 22.7 Å². The zero-order valence-corrected chi connectivity index (χ0v) is 17.6. The number of nitrogens with one attached hydrogen (secondary N) is 1. The highest BCUT2D eigenvalue weighted by atomic mass is 16.3. The van der Waals surface area contributed by atoms with Gasteiger partial charge in [-0.3, -0.25) is 14.3 Å². The number of rotatable bonds is 0. The van der Waals surface area contributed by atoms with Crippen LogP contribution in [-0.4, -0.2) is 31.9 Å². The van der Waals surface area contributed by atoms with Gasteiger partial charge in [0, 0.05) is 18.3 Å². The quantitative estimate of drug-likeness (QED) is 0.584. The Morgan fingerprint density at radius 2 is 1.87 bits per heavy atom. The number of hydrogen-bond acceptors (Lipinski definition) is 4. The molecule has 0 radical (unpaired) electrons. The minimum Gasteiger partial charge on any atom is -0.503 e. The van der Waals surface area contributed by atoms with Crippen molar-refractivity contribution < 1.29 is 9.90 Å². The Morgan fingerprint density at radius 3 is 2.71 bits per heavy atom. The number of aromatic hydroxyl groups is 1. The van der Waals surface area contributed by atoms with E-state index in [9.17, 15) is 14.7 Å². The maximum Gasteiger partial charge on any atom is 0.275 e. The zero-order valence-electron chi connectivity index (χ0n) is 17.6. The minimum absolute atomic E-state index is 0.209. The van der Waals surface area contributed by atoms with Crippen molar-refractivity contribution in [2.24, 2.45) is 0 Å². The van der Waals surface area contributed by atoms with Crippen molar-refractivity contribution in [3.8, 4) is 5.75 Å². The van der Waals surface area contributed by atoms with Crippen molar-refractivity contribution in [2.75, 3.05) is 6.54 Å². The molecule has 1 aromatic carbocycles. The molecule has 0 unspecified atom stereocenters. The Labute approximate surface area is 180 Å². The Hall–Kier alpha value is -3.09. The van der Waals surface area contributed by atoms with Crippen LogP contribution < -0.4 is 10.7 Å². The molecule has 162 valence electrons. The van der Waals surface area contributed by atoms with Crippen molar-refractivity contribution in [1.82, 2.24) is 19.7 Å². The summed E-state index contributed by atoms with van der Waals surface area (Å²) in [6, 6.07) is 8.88. The summed E-state index contributed by atoms with van der Waals surface area (Å²) in [7, 11) is 0. The van der Waals surface area contributed by atoms with E-state index in [0.717, 1.165) is 51.4 Å². The third-order valence-electron chi connectivity index (χ3n) is 6.85. The van der Waals surface area contributed by atoms with Gasteiger partial charge < -0.3 is 15.0 Å². The van der Waals surface area contributed by atoms with Crippen LogP contribution in [0.3, 0.4) is 0 Å². The van der Waals surface area contributed by atoms with Gasteiger partial charge in [0.2, 0.25) is 0 Å². The van der Waals surface area contributed by atoms with Gasteiger partial charge in [-0.25, -0.2) is 0 Å². The Balaban J connectivity index is 1.65. The lowest BCUT2D eigenvalue weighted by Crippen LogP contribution is -2.38. The second-order valence-electron chi connectivity index (χ2n) is 8.97. The summed E-state index contributed by atoms with van der Waals surface area (Å²) >= 11 is 0. The molecule has 7 nitrogen and oxygen atoms in total. The molecule has 1 fully saturated rings. The molecule has 2 N–H and O–H groups in total. The van der Waals surface area contributed by atoms with Crippen LogP contribution >= 0.6 is 0 Å². The molecule has 2 aromatic heterocycles. The summed E-state index contributed by atoms with van der Waals surface area (Å²) < 4.78 is 3.94. The van der Waals surface area contributed by atoms with Gasteiger partial charge in [0.25, 0.3) is 11.3 Å². The molecule has 1 spiro atoms. The van der Waals surface area contributed by atoms with E-state index in [-0.39, 0.29) is 11.2 Å². The molecular weight excluding hydrogens is 392 g/mol. The van der Waals surface area contributed by atoms with Crippen LogP contribution in [0.25, 0.3) is 10.9 Å². The molecule has 31 heavy (non-hydrogen) atoms.